The Hall–Kier alpha value is -1.13. The molecule has 128 valence electrons. The van der Waals surface area contributed by atoms with Crippen LogP contribution < -0.4 is 0 Å². The van der Waals surface area contributed by atoms with Gasteiger partial charge in [0, 0.05) is 12.3 Å². The summed E-state index contributed by atoms with van der Waals surface area (Å²) < 4.78 is 5.37. The van der Waals surface area contributed by atoms with E-state index in [9.17, 15) is 15.0 Å². The second kappa shape index (κ2) is 6.78. The van der Waals surface area contributed by atoms with Gasteiger partial charge in [-0.25, -0.2) is 0 Å². The second-order valence-corrected chi connectivity index (χ2v) is 7.64. The first-order chi connectivity index (χ1) is 10.9. The van der Waals surface area contributed by atoms with Crippen molar-refractivity contribution in [1.82, 2.24) is 0 Å². The van der Waals surface area contributed by atoms with E-state index in [4.69, 9.17) is 4.74 Å². The molecule has 0 saturated carbocycles. The minimum Gasteiger partial charge on any atom is -0.462 e. The van der Waals surface area contributed by atoms with Gasteiger partial charge in [0.25, 0.3) is 0 Å². The molecule has 1 aliphatic heterocycles. The van der Waals surface area contributed by atoms with Crippen LogP contribution in [0.25, 0.3) is 0 Å². The molecular formula is C19H28O4. The van der Waals surface area contributed by atoms with Gasteiger partial charge < -0.3 is 14.9 Å². The van der Waals surface area contributed by atoms with E-state index in [-0.39, 0.29) is 30.5 Å². The fourth-order valence-electron chi connectivity index (χ4n) is 4.55. The van der Waals surface area contributed by atoms with Crippen molar-refractivity contribution in [3.63, 3.8) is 0 Å². The van der Waals surface area contributed by atoms with Crippen LogP contribution in [0.2, 0.25) is 0 Å². The summed E-state index contributed by atoms with van der Waals surface area (Å²) in [6.45, 7) is 4.35. The zero-order valence-electron chi connectivity index (χ0n) is 14.0. The van der Waals surface area contributed by atoms with Crippen molar-refractivity contribution < 1.29 is 19.7 Å². The molecule has 1 fully saturated rings. The maximum Gasteiger partial charge on any atom is 0.308 e. The number of aliphatic hydroxyl groups is 2. The molecule has 0 bridgehead atoms. The monoisotopic (exact) mass is 320 g/mol. The number of hydrogen-bond donors (Lipinski definition) is 2. The lowest BCUT2D eigenvalue weighted by Crippen LogP contribution is -2.39. The van der Waals surface area contributed by atoms with Crippen LogP contribution in [0.5, 0.6) is 0 Å². The summed E-state index contributed by atoms with van der Waals surface area (Å²) in [4.78, 5) is 11.5. The van der Waals surface area contributed by atoms with Crippen LogP contribution in [0.4, 0.5) is 0 Å². The molecule has 3 rings (SSSR count). The van der Waals surface area contributed by atoms with Gasteiger partial charge in [-0.2, -0.15) is 0 Å². The number of fused-ring (bicyclic) bond motifs is 1. The molecular weight excluding hydrogens is 292 g/mol. The average Bonchev–Trinajstić information content (AvgIpc) is 2.45. The van der Waals surface area contributed by atoms with Crippen molar-refractivity contribution in [3.05, 3.63) is 23.8 Å². The molecule has 0 amide bonds. The number of carbonyl (C=O) groups excluding carboxylic acids is 1. The average molecular weight is 320 g/mol. The van der Waals surface area contributed by atoms with Gasteiger partial charge in [0.15, 0.2) is 0 Å². The van der Waals surface area contributed by atoms with Crippen molar-refractivity contribution >= 4 is 5.97 Å². The molecule has 0 aromatic rings. The van der Waals surface area contributed by atoms with Crippen molar-refractivity contribution in [2.75, 3.05) is 0 Å². The van der Waals surface area contributed by atoms with Crippen molar-refractivity contribution in [1.29, 1.82) is 0 Å². The summed E-state index contributed by atoms with van der Waals surface area (Å²) >= 11 is 0. The van der Waals surface area contributed by atoms with E-state index in [1.54, 1.807) is 0 Å². The fraction of sp³-hybridized carbons (Fsp3) is 0.737. The first-order valence-electron chi connectivity index (χ1n) is 8.89. The molecule has 0 spiro atoms. The third kappa shape index (κ3) is 3.69. The minimum absolute atomic E-state index is 0.116. The molecule has 0 aromatic carbocycles. The number of rotatable bonds is 3. The summed E-state index contributed by atoms with van der Waals surface area (Å²) in [7, 11) is 0. The lowest BCUT2D eigenvalue weighted by molar-refractivity contribution is -0.160. The minimum atomic E-state index is -0.568. The quantitative estimate of drug-likeness (QED) is 0.785. The van der Waals surface area contributed by atoms with E-state index >= 15 is 0 Å². The van der Waals surface area contributed by atoms with Gasteiger partial charge in [-0.15, -0.1) is 0 Å². The lowest BCUT2D eigenvalue weighted by Gasteiger charge is -2.42. The SMILES string of the molecule is C[C@@H]1C=C2C=C[C@H](C)[C@H](CC[C@H]3C[C@@H](O)CC(=O)O3)C2[C@H](O)C1. The van der Waals surface area contributed by atoms with E-state index < -0.39 is 6.10 Å². The molecule has 2 aliphatic carbocycles. The Kier molecular flexibility index (Phi) is 4.93. The van der Waals surface area contributed by atoms with Crippen LogP contribution in [0, 0.1) is 23.7 Å². The number of cyclic esters (lactones) is 1. The highest BCUT2D eigenvalue weighted by Gasteiger charge is 2.39. The summed E-state index contributed by atoms with van der Waals surface area (Å²) in [5, 5.41) is 20.3. The molecule has 7 atom stereocenters. The molecule has 1 unspecified atom stereocenters. The summed E-state index contributed by atoms with van der Waals surface area (Å²) in [5.74, 6) is 1.09. The van der Waals surface area contributed by atoms with Crippen LogP contribution in [-0.2, 0) is 9.53 Å². The standard InChI is InChI=1S/C19H28O4/c1-11-7-13-4-3-12(2)16(19(13)17(21)8-11)6-5-15-9-14(20)10-18(22)23-15/h3-4,7,11-12,14-17,19-21H,5-6,8-10H2,1-2H3/t11-,12+,14-,15+,16+,17-,19?/m1/s1. The molecule has 2 N–H and O–H groups in total. The third-order valence-corrected chi connectivity index (χ3v) is 5.68. The summed E-state index contributed by atoms with van der Waals surface area (Å²) in [6, 6.07) is 0. The van der Waals surface area contributed by atoms with Crippen LogP contribution >= 0.6 is 0 Å². The molecule has 3 aliphatic rings. The number of allylic oxidation sites excluding steroid dienone is 3. The zero-order valence-corrected chi connectivity index (χ0v) is 14.0. The number of carbonyl (C=O) groups is 1. The van der Waals surface area contributed by atoms with Crippen molar-refractivity contribution in [2.24, 2.45) is 23.7 Å². The van der Waals surface area contributed by atoms with E-state index in [1.807, 2.05) is 0 Å². The number of aliphatic hydroxyl groups excluding tert-OH is 2. The Labute approximate surface area is 138 Å². The Morgan fingerprint density at radius 1 is 1.22 bits per heavy atom. The Balaban J connectivity index is 1.67. The van der Waals surface area contributed by atoms with Crippen LogP contribution in [0.15, 0.2) is 23.8 Å². The van der Waals surface area contributed by atoms with Gasteiger partial charge in [0.2, 0.25) is 0 Å². The molecule has 0 radical (unpaired) electrons. The van der Waals surface area contributed by atoms with Crippen molar-refractivity contribution in [2.45, 2.75) is 64.3 Å². The molecule has 0 aromatic heterocycles. The Morgan fingerprint density at radius 2 is 2.00 bits per heavy atom. The topological polar surface area (TPSA) is 66.8 Å². The first kappa shape index (κ1) is 16.7. The Morgan fingerprint density at radius 3 is 2.74 bits per heavy atom. The predicted octanol–water partition coefficient (Wildman–Crippen LogP) is 2.60. The third-order valence-electron chi connectivity index (χ3n) is 5.68. The highest BCUT2D eigenvalue weighted by molar-refractivity contribution is 5.70. The van der Waals surface area contributed by atoms with E-state index in [0.29, 0.717) is 24.2 Å². The molecule has 1 saturated heterocycles. The van der Waals surface area contributed by atoms with Gasteiger partial charge in [0.1, 0.15) is 6.10 Å². The lowest BCUT2D eigenvalue weighted by atomic mass is 9.65. The molecule has 4 heteroatoms. The van der Waals surface area contributed by atoms with Gasteiger partial charge in [-0.05, 0) is 42.6 Å². The number of esters is 1. The zero-order chi connectivity index (χ0) is 16.6. The van der Waals surface area contributed by atoms with Crippen molar-refractivity contribution in [3.8, 4) is 0 Å². The van der Waals surface area contributed by atoms with Gasteiger partial charge in [0.05, 0.1) is 18.6 Å². The highest BCUT2D eigenvalue weighted by Crippen LogP contribution is 2.43. The molecule has 1 heterocycles. The molecule has 4 nitrogen and oxygen atoms in total. The summed E-state index contributed by atoms with van der Waals surface area (Å²) in [5.41, 5.74) is 1.26. The second-order valence-electron chi connectivity index (χ2n) is 7.64. The first-order valence-corrected chi connectivity index (χ1v) is 8.89. The van der Waals surface area contributed by atoms with Gasteiger partial charge >= 0.3 is 5.97 Å². The summed E-state index contributed by atoms with van der Waals surface area (Å²) in [6.07, 6.45) is 8.80. The van der Waals surface area contributed by atoms with Crippen LogP contribution in [-0.4, -0.2) is 34.5 Å². The fourth-order valence-corrected chi connectivity index (χ4v) is 4.55. The maximum atomic E-state index is 11.5. The van der Waals surface area contributed by atoms with E-state index in [0.717, 1.165) is 19.3 Å². The normalized spacial score (nSPS) is 43.6. The predicted molar refractivity (Wildman–Crippen MR) is 87.5 cm³/mol. The number of hydrogen-bond acceptors (Lipinski definition) is 4. The van der Waals surface area contributed by atoms with E-state index in [2.05, 4.69) is 32.1 Å². The van der Waals surface area contributed by atoms with Gasteiger partial charge in [-0.3, -0.25) is 4.79 Å². The smallest absolute Gasteiger partial charge is 0.308 e. The number of ether oxygens (including phenoxy) is 1. The van der Waals surface area contributed by atoms with Crippen LogP contribution in [0.1, 0.15) is 46.0 Å². The largest absolute Gasteiger partial charge is 0.462 e. The molecule has 23 heavy (non-hydrogen) atoms. The maximum absolute atomic E-state index is 11.5. The van der Waals surface area contributed by atoms with Crippen LogP contribution in [0.3, 0.4) is 0 Å². The van der Waals surface area contributed by atoms with E-state index in [1.165, 1.54) is 5.57 Å². The highest BCUT2D eigenvalue weighted by atomic mass is 16.5. The Bertz CT molecular complexity index is 509. The van der Waals surface area contributed by atoms with Gasteiger partial charge in [-0.1, -0.05) is 32.1 Å².